The Morgan fingerprint density at radius 3 is 2.48 bits per heavy atom. The number of nitrogens with zero attached hydrogens (tertiary/aromatic N) is 3. The molecule has 0 aliphatic heterocycles. The molecule has 0 atom stereocenters. The second-order valence-corrected chi connectivity index (χ2v) is 6.07. The van der Waals surface area contributed by atoms with Crippen LogP contribution in [0.5, 0.6) is 0 Å². The Morgan fingerprint density at radius 2 is 1.91 bits per heavy atom. The maximum Gasteiger partial charge on any atom is 0.306 e. The van der Waals surface area contributed by atoms with E-state index in [0.717, 1.165) is 4.68 Å². The minimum atomic E-state index is -0.807. The summed E-state index contributed by atoms with van der Waals surface area (Å²) in [6.07, 6.45) is 3.43. The molecule has 9 heteroatoms. The van der Waals surface area contributed by atoms with Gasteiger partial charge in [0.1, 0.15) is 10.7 Å². The third kappa shape index (κ3) is 3.82. The van der Waals surface area contributed by atoms with Crippen molar-refractivity contribution in [2.45, 2.75) is 25.7 Å². The molecular formula is C14H19ClN4O4. The summed E-state index contributed by atoms with van der Waals surface area (Å²) < 4.78 is 1.11. The van der Waals surface area contributed by atoms with E-state index in [1.807, 2.05) is 0 Å². The summed E-state index contributed by atoms with van der Waals surface area (Å²) in [6, 6.07) is 0. The highest BCUT2D eigenvalue weighted by atomic mass is 35.5. The number of rotatable bonds is 4. The molecular weight excluding hydrogens is 324 g/mol. The van der Waals surface area contributed by atoms with Crippen LogP contribution >= 0.6 is 11.6 Å². The van der Waals surface area contributed by atoms with Crippen molar-refractivity contribution in [3.63, 3.8) is 0 Å². The first-order valence-electron chi connectivity index (χ1n) is 7.30. The van der Waals surface area contributed by atoms with Gasteiger partial charge in [-0.25, -0.2) is 4.68 Å². The van der Waals surface area contributed by atoms with E-state index in [2.05, 4.69) is 10.5 Å². The third-order valence-electron chi connectivity index (χ3n) is 4.15. The van der Waals surface area contributed by atoms with E-state index in [9.17, 15) is 14.4 Å². The van der Waals surface area contributed by atoms with Crippen molar-refractivity contribution in [2.24, 2.45) is 18.9 Å². The number of carboxylic acid groups (broad SMARTS) is 1. The number of aryl methyl sites for hydroxylation is 1. The summed E-state index contributed by atoms with van der Waals surface area (Å²) in [5.74, 6) is -1.63. The standard InChI is InChI=1S/C14H19ClN4O4/c1-18(10-7-16-19(2)13(21)11(10)15)17-12(20)8-3-5-9(6-4-8)14(22)23/h7-9H,3-6H2,1-2H3,(H,17,20)(H,22,23). The van der Waals surface area contributed by atoms with Crippen molar-refractivity contribution in [2.75, 3.05) is 12.1 Å². The first-order chi connectivity index (χ1) is 10.8. The van der Waals surface area contributed by atoms with Crippen molar-refractivity contribution in [3.05, 3.63) is 21.6 Å². The Morgan fingerprint density at radius 1 is 1.35 bits per heavy atom. The number of hydrogen-bond acceptors (Lipinski definition) is 5. The number of amides is 1. The predicted molar refractivity (Wildman–Crippen MR) is 84.1 cm³/mol. The number of carbonyl (C=O) groups is 2. The zero-order chi connectivity index (χ0) is 17.1. The van der Waals surface area contributed by atoms with E-state index < -0.39 is 11.5 Å². The van der Waals surface area contributed by atoms with Gasteiger partial charge >= 0.3 is 5.97 Å². The molecule has 0 unspecified atom stereocenters. The number of carboxylic acids is 1. The lowest BCUT2D eigenvalue weighted by Crippen LogP contribution is -2.44. The van der Waals surface area contributed by atoms with Gasteiger partial charge in [0.05, 0.1) is 12.1 Å². The number of carbonyl (C=O) groups excluding carboxylic acids is 1. The largest absolute Gasteiger partial charge is 0.481 e. The molecule has 1 aliphatic rings. The lowest BCUT2D eigenvalue weighted by Gasteiger charge is -2.28. The molecule has 0 spiro atoms. The molecule has 0 aromatic carbocycles. The molecule has 1 amide bonds. The summed E-state index contributed by atoms with van der Waals surface area (Å²) in [4.78, 5) is 35.0. The zero-order valence-electron chi connectivity index (χ0n) is 13.0. The number of halogens is 1. The van der Waals surface area contributed by atoms with E-state index in [0.29, 0.717) is 31.4 Å². The van der Waals surface area contributed by atoms with Crippen LogP contribution in [0.2, 0.25) is 5.02 Å². The third-order valence-corrected chi connectivity index (χ3v) is 4.50. The summed E-state index contributed by atoms with van der Waals surface area (Å²) in [7, 11) is 3.06. The molecule has 1 aromatic rings. The first kappa shape index (κ1) is 17.3. The summed E-state index contributed by atoms with van der Waals surface area (Å²) in [5.41, 5.74) is 2.53. The summed E-state index contributed by atoms with van der Waals surface area (Å²) in [5, 5.41) is 14.2. The van der Waals surface area contributed by atoms with Gasteiger partial charge in [-0.1, -0.05) is 11.6 Å². The number of nitrogens with one attached hydrogen (secondary N) is 1. The molecule has 23 heavy (non-hydrogen) atoms. The molecule has 1 aromatic heterocycles. The lowest BCUT2D eigenvalue weighted by atomic mass is 9.82. The molecule has 0 bridgehead atoms. The fourth-order valence-electron chi connectivity index (χ4n) is 2.66. The smallest absolute Gasteiger partial charge is 0.306 e. The van der Waals surface area contributed by atoms with E-state index in [1.54, 1.807) is 7.05 Å². The zero-order valence-corrected chi connectivity index (χ0v) is 13.7. The second kappa shape index (κ2) is 6.99. The molecule has 126 valence electrons. The number of aliphatic carboxylic acids is 1. The predicted octanol–water partition coefficient (Wildman–Crippen LogP) is 0.792. The number of hydrazine groups is 1. The maximum atomic E-state index is 12.3. The Bertz CT molecular complexity index is 667. The minimum absolute atomic E-state index is 0.0279. The van der Waals surface area contributed by atoms with Crippen molar-refractivity contribution < 1.29 is 14.7 Å². The monoisotopic (exact) mass is 342 g/mol. The van der Waals surface area contributed by atoms with Crippen LogP contribution in [0, 0.1) is 11.8 Å². The highest BCUT2D eigenvalue weighted by molar-refractivity contribution is 6.33. The Kier molecular flexibility index (Phi) is 5.25. The number of aromatic nitrogens is 2. The molecule has 1 aliphatic carbocycles. The van der Waals surface area contributed by atoms with Gasteiger partial charge in [-0.3, -0.25) is 24.8 Å². The fourth-order valence-corrected chi connectivity index (χ4v) is 2.95. The van der Waals surface area contributed by atoms with Crippen molar-refractivity contribution in [3.8, 4) is 0 Å². The van der Waals surface area contributed by atoms with Crippen molar-refractivity contribution in [1.82, 2.24) is 15.2 Å². The second-order valence-electron chi connectivity index (χ2n) is 5.69. The quantitative estimate of drug-likeness (QED) is 0.784. The van der Waals surface area contributed by atoms with E-state index in [-0.39, 0.29) is 22.8 Å². The van der Waals surface area contributed by atoms with E-state index in [4.69, 9.17) is 16.7 Å². The van der Waals surface area contributed by atoms with Gasteiger partial charge in [-0.15, -0.1) is 0 Å². The van der Waals surface area contributed by atoms with Crippen LogP contribution in [0.4, 0.5) is 5.69 Å². The Balaban J connectivity index is 2.00. The van der Waals surface area contributed by atoms with Crippen LogP contribution in [0.3, 0.4) is 0 Å². The van der Waals surface area contributed by atoms with Gasteiger partial charge in [0.2, 0.25) is 5.91 Å². The highest BCUT2D eigenvalue weighted by Crippen LogP contribution is 2.29. The average molecular weight is 343 g/mol. The molecule has 0 radical (unpaired) electrons. The highest BCUT2D eigenvalue weighted by Gasteiger charge is 2.30. The average Bonchev–Trinajstić information content (AvgIpc) is 2.52. The fraction of sp³-hybridized carbons (Fsp3) is 0.571. The first-order valence-corrected chi connectivity index (χ1v) is 7.68. The van der Waals surface area contributed by atoms with Crippen LogP contribution < -0.4 is 16.0 Å². The Hall–Kier alpha value is -2.09. The molecule has 1 fully saturated rings. The van der Waals surface area contributed by atoms with Crippen LogP contribution in [0.15, 0.2) is 11.0 Å². The normalized spacial score (nSPS) is 20.8. The van der Waals surface area contributed by atoms with Gasteiger partial charge < -0.3 is 5.11 Å². The SMILES string of the molecule is CN(NC(=O)C1CCC(C(=O)O)CC1)c1cnn(C)c(=O)c1Cl. The number of anilines is 1. The maximum absolute atomic E-state index is 12.3. The van der Waals surface area contributed by atoms with Crippen molar-refractivity contribution in [1.29, 1.82) is 0 Å². The Labute approximate surface area is 138 Å². The number of hydrogen-bond donors (Lipinski definition) is 2. The van der Waals surface area contributed by atoms with E-state index in [1.165, 1.54) is 18.3 Å². The van der Waals surface area contributed by atoms with Crippen LogP contribution in [-0.4, -0.2) is 33.8 Å². The van der Waals surface area contributed by atoms with Crippen molar-refractivity contribution >= 4 is 29.2 Å². The molecule has 2 rings (SSSR count). The van der Waals surface area contributed by atoms with Gasteiger partial charge in [0, 0.05) is 20.0 Å². The molecule has 8 nitrogen and oxygen atoms in total. The lowest BCUT2D eigenvalue weighted by molar-refractivity contribution is -0.144. The molecule has 0 saturated heterocycles. The topological polar surface area (TPSA) is 105 Å². The molecule has 2 N–H and O–H groups in total. The van der Waals surface area contributed by atoms with Crippen LogP contribution in [0.1, 0.15) is 25.7 Å². The molecule has 1 saturated carbocycles. The summed E-state index contributed by atoms with van der Waals surface area (Å²) >= 11 is 5.98. The van der Waals surface area contributed by atoms with Gasteiger partial charge in [-0.05, 0) is 25.7 Å². The van der Waals surface area contributed by atoms with Gasteiger partial charge in [0.15, 0.2) is 0 Å². The molecule has 1 heterocycles. The van der Waals surface area contributed by atoms with E-state index >= 15 is 0 Å². The van der Waals surface area contributed by atoms with Crippen LogP contribution in [-0.2, 0) is 16.6 Å². The van der Waals surface area contributed by atoms with Crippen LogP contribution in [0.25, 0.3) is 0 Å². The van der Waals surface area contributed by atoms with Gasteiger partial charge in [0.25, 0.3) is 5.56 Å². The minimum Gasteiger partial charge on any atom is -0.481 e. The van der Waals surface area contributed by atoms with Gasteiger partial charge in [-0.2, -0.15) is 5.10 Å². The summed E-state index contributed by atoms with van der Waals surface area (Å²) in [6.45, 7) is 0.